The van der Waals surface area contributed by atoms with Crippen LogP contribution in [0.4, 0.5) is 0 Å². The van der Waals surface area contributed by atoms with E-state index in [2.05, 4.69) is 15.0 Å². The number of aryl methyl sites for hydroxylation is 3. The summed E-state index contributed by atoms with van der Waals surface area (Å²) in [4.78, 5) is 11.6. The predicted molar refractivity (Wildman–Crippen MR) is 44.5 cm³/mol. The van der Waals surface area contributed by atoms with Gasteiger partial charge < -0.3 is 0 Å². The summed E-state index contributed by atoms with van der Waals surface area (Å²) in [6, 6.07) is 0. The van der Waals surface area contributed by atoms with Crippen molar-refractivity contribution in [3.8, 4) is 0 Å². The fourth-order valence-corrected chi connectivity index (χ4v) is 1.45. The zero-order valence-electron chi connectivity index (χ0n) is 7.42. The van der Waals surface area contributed by atoms with Crippen molar-refractivity contribution in [1.82, 2.24) is 15.0 Å². The van der Waals surface area contributed by atoms with Crippen LogP contribution < -0.4 is 4.57 Å². The summed E-state index contributed by atoms with van der Waals surface area (Å²) in [6.07, 6.45) is 1.88. The summed E-state index contributed by atoms with van der Waals surface area (Å²) in [7, 11) is 1.98. The van der Waals surface area contributed by atoms with Gasteiger partial charge >= 0.3 is 0 Å². The molecule has 0 saturated carbocycles. The summed E-state index contributed by atoms with van der Waals surface area (Å²) < 4.78 is 1.99. The van der Waals surface area contributed by atoms with Gasteiger partial charge in [0.15, 0.2) is 0 Å². The van der Waals surface area contributed by atoms with Gasteiger partial charge in [-0.2, -0.15) is 4.98 Å². The molecule has 0 amide bonds. The number of nitrogens with zero attached hydrogens (tertiary/aromatic N) is 3. The molecule has 0 aromatic carbocycles. The van der Waals surface area contributed by atoms with Gasteiger partial charge in [-0.05, 0) is 13.8 Å². The van der Waals surface area contributed by atoms with E-state index in [0.29, 0.717) is 0 Å². The molecule has 0 radical (unpaired) electrons. The zero-order chi connectivity index (χ0) is 8.72. The SMILES string of the molecule is Cc1nc(C)c2c(n1)[nH]c[n+]2C. The van der Waals surface area contributed by atoms with Crippen molar-refractivity contribution in [2.45, 2.75) is 13.8 Å². The third kappa shape index (κ3) is 0.879. The fourth-order valence-electron chi connectivity index (χ4n) is 1.45. The van der Waals surface area contributed by atoms with Gasteiger partial charge in [-0.15, -0.1) is 0 Å². The van der Waals surface area contributed by atoms with Crippen LogP contribution in [0.25, 0.3) is 11.2 Å². The summed E-state index contributed by atoms with van der Waals surface area (Å²) in [5, 5.41) is 0. The molecule has 2 aromatic rings. The lowest BCUT2D eigenvalue weighted by Crippen LogP contribution is -2.26. The first kappa shape index (κ1) is 7.21. The van der Waals surface area contributed by atoms with E-state index in [1.807, 2.05) is 31.8 Å². The van der Waals surface area contributed by atoms with Crippen LogP contribution in [0.1, 0.15) is 11.5 Å². The normalized spacial score (nSPS) is 10.9. The summed E-state index contributed by atoms with van der Waals surface area (Å²) in [6.45, 7) is 3.89. The lowest BCUT2D eigenvalue weighted by atomic mass is 10.4. The first-order valence-electron chi connectivity index (χ1n) is 3.86. The van der Waals surface area contributed by atoms with E-state index >= 15 is 0 Å². The molecule has 0 spiro atoms. The van der Waals surface area contributed by atoms with Crippen molar-refractivity contribution < 1.29 is 4.57 Å². The Balaban J connectivity index is 2.93. The summed E-state index contributed by atoms with van der Waals surface area (Å²) in [5.74, 6) is 0.808. The van der Waals surface area contributed by atoms with E-state index in [4.69, 9.17) is 0 Å². The molecule has 2 aromatic heterocycles. The molecule has 0 unspecified atom stereocenters. The van der Waals surface area contributed by atoms with Crippen molar-refractivity contribution in [2.75, 3.05) is 0 Å². The molecule has 62 valence electrons. The van der Waals surface area contributed by atoms with Crippen molar-refractivity contribution in [3.63, 3.8) is 0 Å². The van der Waals surface area contributed by atoms with Crippen LogP contribution in [0.2, 0.25) is 0 Å². The topological polar surface area (TPSA) is 45.5 Å². The number of imidazole rings is 1. The van der Waals surface area contributed by atoms with E-state index in [1.54, 1.807) is 0 Å². The molecule has 12 heavy (non-hydrogen) atoms. The van der Waals surface area contributed by atoms with Crippen LogP contribution in [0, 0.1) is 13.8 Å². The highest BCUT2D eigenvalue weighted by Crippen LogP contribution is 2.07. The molecule has 0 aliphatic rings. The van der Waals surface area contributed by atoms with Crippen molar-refractivity contribution >= 4 is 11.2 Å². The number of hydrogen-bond acceptors (Lipinski definition) is 2. The minimum atomic E-state index is 0.808. The summed E-state index contributed by atoms with van der Waals surface area (Å²) >= 11 is 0. The highest BCUT2D eigenvalue weighted by molar-refractivity contribution is 5.68. The Morgan fingerprint density at radius 1 is 1.33 bits per heavy atom. The minimum absolute atomic E-state index is 0.808. The first-order chi connectivity index (χ1) is 5.68. The Morgan fingerprint density at radius 2 is 2.08 bits per heavy atom. The molecule has 0 saturated heterocycles. The van der Waals surface area contributed by atoms with Gasteiger partial charge in [0.25, 0.3) is 5.65 Å². The molecule has 4 nitrogen and oxygen atoms in total. The van der Waals surface area contributed by atoms with Gasteiger partial charge in [0, 0.05) is 0 Å². The van der Waals surface area contributed by atoms with Crippen LogP contribution >= 0.6 is 0 Å². The van der Waals surface area contributed by atoms with Crippen molar-refractivity contribution in [3.05, 3.63) is 17.8 Å². The number of aromatic nitrogens is 4. The number of fused-ring (bicyclic) bond motifs is 1. The maximum Gasteiger partial charge on any atom is 0.269 e. The number of H-pyrrole nitrogens is 1. The molecule has 4 heteroatoms. The standard InChI is InChI=1S/C8H10N4/c1-5-7-8(9-4-12(7)3)11-6(2)10-5/h4H,1-3H3/p+1. The smallest absolute Gasteiger partial charge is 0.234 e. The lowest BCUT2D eigenvalue weighted by Gasteiger charge is -1.93. The maximum atomic E-state index is 4.28. The maximum absolute atomic E-state index is 4.28. The van der Waals surface area contributed by atoms with E-state index in [1.165, 1.54) is 0 Å². The van der Waals surface area contributed by atoms with E-state index in [-0.39, 0.29) is 0 Å². The third-order valence-electron chi connectivity index (χ3n) is 1.92. The molecule has 0 aliphatic carbocycles. The van der Waals surface area contributed by atoms with Crippen molar-refractivity contribution in [2.24, 2.45) is 7.05 Å². The van der Waals surface area contributed by atoms with Crippen LogP contribution in [0.5, 0.6) is 0 Å². The van der Waals surface area contributed by atoms with E-state index < -0.39 is 0 Å². The second-order valence-electron chi connectivity index (χ2n) is 2.94. The molecular formula is C8H11N4+. The molecule has 2 heterocycles. The van der Waals surface area contributed by atoms with Gasteiger partial charge in [0.2, 0.25) is 11.8 Å². The first-order valence-corrected chi connectivity index (χ1v) is 3.86. The Morgan fingerprint density at radius 3 is 2.83 bits per heavy atom. The number of rotatable bonds is 0. The highest BCUT2D eigenvalue weighted by Gasteiger charge is 2.11. The Labute approximate surface area is 70.3 Å². The van der Waals surface area contributed by atoms with Crippen LogP contribution in [0.3, 0.4) is 0 Å². The van der Waals surface area contributed by atoms with Crippen LogP contribution in [-0.4, -0.2) is 15.0 Å². The second-order valence-corrected chi connectivity index (χ2v) is 2.94. The largest absolute Gasteiger partial charge is 0.269 e. The summed E-state index contributed by atoms with van der Waals surface area (Å²) in [5.41, 5.74) is 2.99. The van der Waals surface area contributed by atoms with E-state index in [9.17, 15) is 0 Å². The molecule has 2 rings (SSSR count). The highest BCUT2D eigenvalue weighted by atomic mass is 15.1. The van der Waals surface area contributed by atoms with Gasteiger partial charge in [-0.25, -0.2) is 14.5 Å². The van der Waals surface area contributed by atoms with Gasteiger partial charge in [-0.1, -0.05) is 0 Å². The van der Waals surface area contributed by atoms with Gasteiger partial charge in [0.05, 0.1) is 12.7 Å². The third-order valence-corrected chi connectivity index (χ3v) is 1.92. The minimum Gasteiger partial charge on any atom is -0.234 e. The van der Waals surface area contributed by atoms with Gasteiger partial charge in [-0.3, -0.25) is 0 Å². The Kier molecular flexibility index (Phi) is 1.36. The van der Waals surface area contributed by atoms with Crippen LogP contribution in [-0.2, 0) is 7.05 Å². The molecule has 0 aliphatic heterocycles. The molecule has 0 atom stereocenters. The number of nitrogens with one attached hydrogen (secondary N) is 1. The monoisotopic (exact) mass is 163 g/mol. The average Bonchev–Trinajstić information content (AvgIpc) is 2.31. The average molecular weight is 163 g/mol. The fraction of sp³-hybridized carbons (Fsp3) is 0.375. The van der Waals surface area contributed by atoms with Gasteiger partial charge in [0.1, 0.15) is 5.82 Å². The quantitative estimate of drug-likeness (QED) is 0.571. The Hall–Kier alpha value is -1.45. The molecule has 0 fully saturated rings. The number of aromatic amines is 1. The Bertz CT molecular complexity index is 430. The van der Waals surface area contributed by atoms with Crippen LogP contribution in [0.15, 0.2) is 6.33 Å². The van der Waals surface area contributed by atoms with Crippen molar-refractivity contribution in [1.29, 1.82) is 0 Å². The molecular weight excluding hydrogens is 152 g/mol. The van der Waals surface area contributed by atoms with E-state index in [0.717, 1.165) is 22.7 Å². The lowest BCUT2D eigenvalue weighted by molar-refractivity contribution is -0.645. The molecule has 0 bridgehead atoms. The molecule has 1 N–H and O–H groups in total. The zero-order valence-corrected chi connectivity index (χ0v) is 7.42. The number of hydrogen-bond donors (Lipinski definition) is 1. The predicted octanol–water partition coefficient (Wildman–Crippen LogP) is 0.399. The second kappa shape index (κ2) is 2.27.